The summed E-state index contributed by atoms with van der Waals surface area (Å²) in [7, 11) is 0. The normalized spacial score (nSPS) is 11.7. The van der Waals surface area contributed by atoms with Gasteiger partial charge in [0.05, 0.1) is 22.3 Å². The van der Waals surface area contributed by atoms with Crippen molar-refractivity contribution in [1.29, 1.82) is 0 Å². The van der Waals surface area contributed by atoms with Crippen LogP contribution in [0.4, 0.5) is 43.9 Å². The third kappa shape index (κ3) is 3.68. The zero-order valence-electron chi connectivity index (χ0n) is 15.8. The standard InChI is InChI=1S/C20H12F5N5OS/c21-12-3-2-10(20(23,24)25)6-15(12)30(19(27)31)14-4-1-9(5-13(14)22)11-7-32-18-16(11)17(26)28-8-29-18/h1-8H,(H2,27,31)(H2,26,28,29). The van der Waals surface area contributed by atoms with Gasteiger partial charge in [0.2, 0.25) is 0 Å². The first-order chi connectivity index (χ1) is 15.1. The maximum Gasteiger partial charge on any atom is 0.416 e. The molecule has 0 spiro atoms. The second-order valence-electron chi connectivity index (χ2n) is 6.59. The molecule has 2 heterocycles. The van der Waals surface area contributed by atoms with Crippen LogP contribution in [0.2, 0.25) is 0 Å². The molecule has 0 fully saturated rings. The topological polar surface area (TPSA) is 98.1 Å². The van der Waals surface area contributed by atoms with Crippen molar-refractivity contribution in [2.45, 2.75) is 6.18 Å². The van der Waals surface area contributed by atoms with E-state index in [2.05, 4.69) is 9.97 Å². The number of hydrogen-bond acceptors (Lipinski definition) is 5. The molecule has 0 unspecified atom stereocenters. The number of carbonyl (C=O) groups is 1. The summed E-state index contributed by atoms with van der Waals surface area (Å²) in [4.78, 5) is 20.9. The lowest BCUT2D eigenvalue weighted by molar-refractivity contribution is -0.137. The molecule has 0 saturated heterocycles. The number of primary amides is 1. The minimum absolute atomic E-state index is 0.181. The highest BCUT2D eigenvalue weighted by atomic mass is 32.1. The van der Waals surface area contributed by atoms with Gasteiger partial charge < -0.3 is 11.5 Å². The van der Waals surface area contributed by atoms with Crippen molar-refractivity contribution in [3.8, 4) is 11.1 Å². The van der Waals surface area contributed by atoms with Crippen molar-refractivity contribution in [2.24, 2.45) is 5.73 Å². The molecule has 0 atom stereocenters. The zero-order chi connectivity index (χ0) is 23.2. The Morgan fingerprint density at radius 2 is 1.75 bits per heavy atom. The van der Waals surface area contributed by atoms with E-state index in [-0.39, 0.29) is 5.82 Å². The van der Waals surface area contributed by atoms with E-state index in [9.17, 15) is 22.4 Å². The molecule has 0 bridgehead atoms. The van der Waals surface area contributed by atoms with Crippen LogP contribution in [0.25, 0.3) is 21.3 Å². The Labute approximate surface area is 180 Å². The third-order valence-corrected chi connectivity index (χ3v) is 5.52. The van der Waals surface area contributed by atoms with Crippen molar-refractivity contribution >= 4 is 44.8 Å². The molecule has 4 rings (SSSR count). The fourth-order valence-corrected chi connectivity index (χ4v) is 4.12. The number of urea groups is 1. The lowest BCUT2D eigenvalue weighted by Crippen LogP contribution is -2.33. The van der Waals surface area contributed by atoms with Crippen LogP contribution in [0.15, 0.2) is 48.1 Å². The van der Waals surface area contributed by atoms with Crippen molar-refractivity contribution in [1.82, 2.24) is 9.97 Å². The van der Waals surface area contributed by atoms with E-state index in [0.717, 1.165) is 12.1 Å². The van der Waals surface area contributed by atoms with Crippen molar-refractivity contribution in [3.05, 3.63) is 65.3 Å². The number of nitrogen functional groups attached to an aromatic ring is 1. The van der Waals surface area contributed by atoms with Crippen LogP contribution in [-0.2, 0) is 6.18 Å². The average molecular weight is 465 g/mol. The highest BCUT2D eigenvalue weighted by Gasteiger charge is 2.33. The first kappa shape index (κ1) is 21.4. The summed E-state index contributed by atoms with van der Waals surface area (Å²) >= 11 is 1.25. The summed E-state index contributed by atoms with van der Waals surface area (Å²) in [6.45, 7) is 0. The number of nitrogens with zero attached hydrogens (tertiary/aromatic N) is 3. The largest absolute Gasteiger partial charge is 0.416 e. The van der Waals surface area contributed by atoms with E-state index >= 15 is 4.39 Å². The SMILES string of the molecule is NC(=O)N(c1ccc(-c2csc3ncnc(N)c23)cc1F)c1cc(C(F)(F)F)ccc1F. The molecule has 2 aromatic carbocycles. The number of rotatable bonds is 3. The summed E-state index contributed by atoms with van der Waals surface area (Å²) in [5, 5.41) is 2.18. The highest BCUT2D eigenvalue weighted by Crippen LogP contribution is 2.39. The summed E-state index contributed by atoms with van der Waals surface area (Å²) in [6.07, 6.45) is -3.52. The lowest BCUT2D eigenvalue weighted by atomic mass is 10.0. The molecule has 0 aliphatic carbocycles. The second-order valence-corrected chi connectivity index (χ2v) is 7.45. The number of fused-ring (bicyclic) bond motifs is 1. The predicted molar refractivity (Wildman–Crippen MR) is 110 cm³/mol. The first-order valence-electron chi connectivity index (χ1n) is 8.82. The molecule has 12 heteroatoms. The van der Waals surface area contributed by atoms with Crippen LogP contribution >= 0.6 is 11.3 Å². The van der Waals surface area contributed by atoms with Gasteiger partial charge in [0.1, 0.15) is 28.6 Å². The van der Waals surface area contributed by atoms with Crippen LogP contribution < -0.4 is 16.4 Å². The molecular weight excluding hydrogens is 453 g/mol. The fraction of sp³-hybridized carbons (Fsp3) is 0.0500. The molecule has 32 heavy (non-hydrogen) atoms. The van der Waals surface area contributed by atoms with Crippen molar-refractivity contribution in [2.75, 3.05) is 10.6 Å². The molecule has 2 aromatic heterocycles. The van der Waals surface area contributed by atoms with Crippen LogP contribution in [-0.4, -0.2) is 16.0 Å². The third-order valence-electron chi connectivity index (χ3n) is 4.63. The second kappa shape index (κ2) is 7.71. The van der Waals surface area contributed by atoms with Crippen LogP contribution in [0.1, 0.15) is 5.56 Å². The summed E-state index contributed by atoms with van der Waals surface area (Å²) in [6, 6.07) is 3.59. The van der Waals surface area contributed by atoms with Gasteiger partial charge in [0.25, 0.3) is 0 Å². The van der Waals surface area contributed by atoms with Gasteiger partial charge in [0, 0.05) is 10.9 Å². The maximum absolute atomic E-state index is 15.1. The molecule has 0 aliphatic rings. The number of amides is 2. The van der Waals surface area contributed by atoms with E-state index in [0.29, 0.717) is 44.4 Å². The predicted octanol–water partition coefficient (Wildman–Crippen LogP) is 5.45. The number of halogens is 5. The average Bonchev–Trinajstić information content (AvgIpc) is 3.15. The summed E-state index contributed by atoms with van der Waals surface area (Å²) in [5.74, 6) is -2.03. The Morgan fingerprint density at radius 1 is 1.00 bits per heavy atom. The molecule has 4 aromatic rings. The Bertz CT molecular complexity index is 1350. The number of benzene rings is 2. The highest BCUT2D eigenvalue weighted by molar-refractivity contribution is 7.17. The van der Waals surface area contributed by atoms with Gasteiger partial charge in [-0.2, -0.15) is 13.2 Å². The van der Waals surface area contributed by atoms with E-state index < -0.39 is 40.8 Å². The van der Waals surface area contributed by atoms with Gasteiger partial charge in [-0.15, -0.1) is 11.3 Å². The molecule has 2 amide bonds. The monoisotopic (exact) mass is 465 g/mol. The van der Waals surface area contributed by atoms with Gasteiger partial charge in [-0.1, -0.05) is 6.07 Å². The molecular formula is C20H12F5N5OS. The molecule has 0 aliphatic heterocycles. The minimum Gasteiger partial charge on any atom is -0.383 e. The van der Waals surface area contributed by atoms with E-state index in [1.165, 1.54) is 23.7 Å². The van der Waals surface area contributed by atoms with Gasteiger partial charge in [-0.3, -0.25) is 4.90 Å². The van der Waals surface area contributed by atoms with Crippen LogP contribution in [0, 0.1) is 11.6 Å². The minimum atomic E-state index is -4.81. The first-order valence-corrected chi connectivity index (χ1v) is 9.70. The Balaban J connectivity index is 1.83. The molecule has 0 saturated carbocycles. The Morgan fingerprint density at radius 3 is 2.41 bits per heavy atom. The number of carbonyl (C=O) groups excluding carboxylic acids is 1. The van der Waals surface area contributed by atoms with Crippen molar-refractivity contribution < 1.29 is 26.7 Å². The Hall–Kier alpha value is -3.80. The maximum atomic E-state index is 15.1. The number of alkyl halides is 3. The van der Waals surface area contributed by atoms with Gasteiger partial charge >= 0.3 is 12.2 Å². The van der Waals surface area contributed by atoms with E-state index in [1.807, 2.05) is 0 Å². The number of hydrogen-bond donors (Lipinski definition) is 2. The molecule has 0 radical (unpaired) electrons. The fourth-order valence-electron chi connectivity index (χ4n) is 3.19. The van der Waals surface area contributed by atoms with Gasteiger partial charge in [-0.25, -0.2) is 23.5 Å². The van der Waals surface area contributed by atoms with Gasteiger partial charge in [0.15, 0.2) is 0 Å². The van der Waals surface area contributed by atoms with Crippen molar-refractivity contribution in [3.63, 3.8) is 0 Å². The summed E-state index contributed by atoms with van der Waals surface area (Å²) < 4.78 is 68.6. The quantitative estimate of drug-likeness (QED) is 0.393. The number of thiophene rings is 1. The number of nitrogens with two attached hydrogens (primary N) is 2. The molecule has 4 N–H and O–H groups in total. The van der Waals surface area contributed by atoms with Gasteiger partial charge in [-0.05, 0) is 35.9 Å². The molecule has 164 valence electrons. The van der Waals surface area contributed by atoms with Crippen LogP contribution in [0.3, 0.4) is 0 Å². The Kier molecular flexibility index (Phi) is 5.17. The van der Waals surface area contributed by atoms with E-state index in [4.69, 9.17) is 11.5 Å². The van der Waals surface area contributed by atoms with Crippen LogP contribution in [0.5, 0.6) is 0 Å². The molecule has 6 nitrogen and oxygen atoms in total. The summed E-state index contributed by atoms with van der Waals surface area (Å²) in [5.41, 5.74) is 9.43. The lowest BCUT2D eigenvalue weighted by Gasteiger charge is -2.23. The van der Waals surface area contributed by atoms with E-state index in [1.54, 1.807) is 5.38 Å². The number of anilines is 3. The number of aromatic nitrogens is 2. The zero-order valence-corrected chi connectivity index (χ0v) is 16.6. The smallest absolute Gasteiger partial charge is 0.383 e.